The lowest BCUT2D eigenvalue weighted by atomic mass is 10.1. The van der Waals surface area contributed by atoms with Crippen molar-refractivity contribution in [3.8, 4) is 0 Å². The van der Waals surface area contributed by atoms with Crippen LogP contribution in [0.1, 0.15) is 31.7 Å². The van der Waals surface area contributed by atoms with E-state index in [4.69, 9.17) is 16.7 Å². The van der Waals surface area contributed by atoms with Crippen LogP contribution < -0.4 is 4.90 Å². The number of nitrogens with zero attached hydrogens (tertiary/aromatic N) is 1. The van der Waals surface area contributed by atoms with Crippen LogP contribution in [0, 0.1) is 0 Å². The molecule has 0 saturated heterocycles. The van der Waals surface area contributed by atoms with Gasteiger partial charge in [0.2, 0.25) is 0 Å². The molecule has 0 heterocycles. The minimum absolute atomic E-state index is 0.553. The Kier molecular flexibility index (Phi) is 4.48. The Labute approximate surface area is 118 Å². The number of benzene rings is 1. The molecule has 4 heteroatoms. The van der Waals surface area contributed by atoms with Gasteiger partial charge in [-0.05, 0) is 37.0 Å². The highest BCUT2D eigenvalue weighted by Gasteiger charge is 2.30. The van der Waals surface area contributed by atoms with Crippen molar-refractivity contribution in [3.63, 3.8) is 0 Å². The third kappa shape index (κ3) is 3.51. The molecule has 19 heavy (non-hydrogen) atoms. The van der Waals surface area contributed by atoms with Gasteiger partial charge in [-0.2, -0.15) is 0 Å². The Bertz CT molecular complexity index is 495. The van der Waals surface area contributed by atoms with Gasteiger partial charge in [-0.15, -0.1) is 0 Å². The molecule has 2 rings (SSSR count). The first-order chi connectivity index (χ1) is 9.13. The molecule has 1 aromatic carbocycles. The van der Waals surface area contributed by atoms with Crippen molar-refractivity contribution in [3.05, 3.63) is 34.9 Å². The van der Waals surface area contributed by atoms with E-state index in [0.29, 0.717) is 11.1 Å². The predicted molar refractivity (Wildman–Crippen MR) is 78.8 cm³/mol. The molecule has 1 saturated carbocycles. The number of carboxylic acid groups (broad SMARTS) is 1. The van der Waals surface area contributed by atoms with E-state index in [2.05, 4.69) is 11.8 Å². The fourth-order valence-corrected chi connectivity index (χ4v) is 2.53. The third-order valence-electron chi connectivity index (χ3n) is 3.16. The highest BCUT2D eigenvalue weighted by molar-refractivity contribution is 6.33. The van der Waals surface area contributed by atoms with Gasteiger partial charge in [-0.25, -0.2) is 4.79 Å². The van der Waals surface area contributed by atoms with Crippen LogP contribution in [-0.2, 0) is 4.79 Å². The molecule has 0 unspecified atom stereocenters. The van der Waals surface area contributed by atoms with Crippen LogP contribution in [-0.4, -0.2) is 23.7 Å². The average Bonchev–Trinajstić information content (AvgIpc) is 3.18. The first-order valence-electron chi connectivity index (χ1n) is 6.59. The molecule has 0 aromatic heterocycles. The van der Waals surface area contributed by atoms with E-state index in [1.807, 2.05) is 18.2 Å². The average molecular weight is 280 g/mol. The summed E-state index contributed by atoms with van der Waals surface area (Å²) in [6.07, 6.45) is 6.20. The summed E-state index contributed by atoms with van der Waals surface area (Å²) in [5.74, 6) is -0.945. The van der Waals surface area contributed by atoms with Gasteiger partial charge < -0.3 is 10.0 Å². The molecule has 1 fully saturated rings. The summed E-state index contributed by atoms with van der Waals surface area (Å²) < 4.78 is 0. The Hall–Kier alpha value is -1.48. The molecule has 102 valence electrons. The quantitative estimate of drug-likeness (QED) is 0.805. The summed E-state index contributed by atoms with van der Waals surface area (Å²) in [5, 5.41) is 9.45. The van der Waals surface area contributed by atoms with Gasteiger partial charge in [0.25, 0.3) is 0 Å². The molecule has 0 amide bonds. The smallest absolute Gasteiger partial charge is 0.328 e. The maximum atomic E-state index is 10.7. The summed E-state index contributed by atoms with van der Waals surface area (Å²) in [7, 11) is 0. The second kappa shape index (κ2) is 6.11. The van der Waals surface area contributed by atoms with Crippen LogP contribution in [0.2, 0.25) is 5.02 Å². The topological polar surface area (TPSA) is 40.5 Å². The third-order valence-corrected chi connectivity index (χ3v) is 3.47. The minimum Gasteiger partial charge on any atom is -0.478 e. The molecule has 0 atom stereocenters. The van der Waals surface area contributed by atoms with Crippen molar-refractivity contribution < 1.29 is 9.90 Å². The number of rotatable bonds is 6. The number of aliphatic carboxylic acids is 1. The van der Waals surface area contributed by atoms with E-state index >= 15 is 0 Å². The fourth-order valence-electron chi connectivity index (χ4n) is 2.23. The summed E-state index contributed by atoms with van der Waals surface area (Å²) >= 11 is 6.32. The number of hydrogen-bond acceptors (Lipinski definition) is 2. The maximum Gasteiger partial charge on any atom is 0.328 e. The van der Waals surface area contributed by atoms with Crippen molar-refractivity contribution in [1.29, 1.82) is 0 Å². The van der Waals surface area contributed by atoms with Gasteiger partial charge in [0, 0.05) is 18.7 Å². The second-order valence-corrected chi connectivity index (χ2v) is 5.18. The van der Waals surface area contributed by atoms with Crippen molar-refractivity contribution in [1.82, 2.24) is 0 Å². The van der Waals surface area contributed by atoms with Crippen molar-refractivity contribution >= 4 is 29.3 Å². The van der Waals surface area contributed by atoms with Crippen molar-refractivity contribution in [2.75, 3.05) is 11.4 Å². The molecule has 0 bridgehead atoms. The van der Waals surface area contributed by atoms with Gasteiger partial charge in [0.15, 0.2) is 0 Å². The summed E-state index contributed by atoms with van der Waals surface area (Å²) in [6, 6.07) is 6.17. The number of anilines is 1. The highest BCUT2D eigenvalue weighted by atomic mass is 35.5. The molecule has 1 N–H and O–H groups in total. The van der Waals surface area contributed by atoms with Crippen molar-refractivity contribution in [2.24, 2.45) is 0 Å². The Morgan fingerprint density at radius 3 is 2.84 bits per heavy atom. The number of para-hydroxylation sites is 1. The Morgan fingerprint density at radius 1 is 1.53 bits per heavy atom. The molecule has 1 aromatic rings. The normalized spacial score (nSPS) is 14.8. The van der Waals surface area contributed by atoms with Crippen LogP contribution in [0.3, 0.4) is 0 Å². The standard InChI is InChI=1S/C15H18ClNO2/c1-2-10-17(12-7-8-12)15-11(6-9-14(18)19)4-3-5-13(15)16/h3-6,9,12H,2,7-8,10H2,1H3,(H,18,19)/b9-6+. The van der Waals surface area contributed by atoms with Gasteiger partial charge in [-0.3, -0.25) is 0 Å². The zero-order valence-corrected chi connectivity index (χ0v) is 11.7. The lowest BCUT2D eigenvalue weighted by Crippen LogP contribution is -2.27. The number of carbonyl (C=O) groups is 1. The summed E-state index contributed by atoms with van der Waals surface area (Å²) in [4.78, 5) is 13.0. The molecule has 3 nitrogen and oxygen atoms in total. The van der Waals surface area contributed by atoms with Gasteiger partial charge in [0.1, 0.15) is 0 Å². The lowest BCUT2D eigenvalue weighted by Gasteiger charge is -2.27. The zero-order chi connectivity index (χ0) is 13.8. The van der Waals surface area contributed by atoms with E-state index in [-0.39, 0.29) is 0 Å². The molecular weight excluding hydrogens is 262 g/mol. The first-order valence-corrected chi connectivity index (χ1v) is 6.97. The lowest BCUT2D eigenvalue weighted by molar-refractivity contribution is -0.131. The minimum atomic E-state index is -0.945. The molecule has 1 aliphatic rings. The highest BCUT2D eigenvalue weighted by Crippen LogP contribution is 2.38. The van der Waals surface area contributed by atoms with Gasteiger partial charge >= 0.3 is 5.97 Å². The zero-order valence-electron chi connectivity index (χ0n) is 11.0. The molecule has 1 aliphatic carbocycles. The second-order valence-electron chi connectivity index (χ2n) is 4.77. The molecular formula is C15H18ClNO2. The van der Waals surface area contributed by atoms with E-state index in [1.54, 1.807) is 6.08 Å². The SMILES string of the molecule is CCCN(c1c(Cl)cccc1/C=C/C(=O)O)C1CC1. The molecule has 0 radical (unpaired) electrons. The Balaban J connectivity index is 2.38. The number of hydrogen-bond donors (Lipinski definition) is 1. The predicted octanol–water partition coefficient (Wildman–Crippen LogP) is 3.82. The van der Waals surface area contributed by atoms with Crippen LogP contribution in [0.4, 0.5) is 5.69 Å². The number of halogens is 1. The van der Waals surface area contributed by atoms with E-state index in [0.717, 1.165) is 30.3 Å². The maximum absolute atomic E-state index is 10.7. The summed E-state index contributed by atoms with van der Waals surface area (Å²) in [5.41, 5.74) is 1.83. The van der Waals surface area contributed by atoms with Crippen LogP contribution in [0.5, 0.6) is 0 Å². The Morgan fingerprint density at radius 2 is 2.26 bits per heavy atom. The fraction of sp³-hybridized carbons (Fsp3) is 0.400. The van der Waals surface area contributed by atoms with E-state index in [1.165, 1.54) is 12.8 Å². The summed E-state index contributed by atoms with van der Waals surface area (Å²) in [6.45, 7) is 3.08. The van der Waals surface area contributed by atoms with Crippen LogP contribution in [0.15, 0.2) is 24.3 Å². The van der Waals surface area contributed by atoms with Crippen molar-refractivity contribution in [2.45, 2.75) is 32.2 Å². The first kappa shape index (κ1) is 13.9. The van der Waals surface area contributed by atoms with Crippen LogP contribution in [0.25, 0.3) is 6.08 Å². The molecule has 0 spiro atoms. The van der Waals surface area contributed by atoms with Crippen LogP contribution >= 0.6 is 11.6 Å². The molecule has 0 aliphatic heterocycles. The van der Waals surface area contributed by atoms with Gasteiger partial charge in [-0.1, -0.05) is 30.7 Å². The monoisotopic (exact) mass is 279 g/mol. The van der Waals surface area contributed by atoms with E-state index in [9.17, 15) is 4.79 Å². The van der Waals surface area contributed by atoms with E-state index < -0.39 is 5.97 Å². The van der Waals surface area contributed by atoms with Gasteiger partial charge in [0.05, 0.1) is 10.7 Å². The number of carboxylic acids is 1. The largest absolute Gasteiger partial charge is 0.478 e.